The number of carbonyl (C=O) groups is 2. The number of benzene rings is 2. The van der Waals surface area contributed by atoms with E-state index in [1.807, 2.05) is 44.3 Å². The Morgan fingerprint density at radius 3 is 2.58 bits per heavy atom. The van der Waals surface area contributed by atoms with E-state index < -0.39 is 29.3 Å². The Hall–Kier alpha value is -4.07. The molecule has 4 rings (SSSR count). The van der Waals surface area contributed by atoms with Crippen LogP contribution in [0.5, 0.6) is 5.75 Å². The first-order valence-electron chi connectivity index (χ1n) is 11.9. The van der Waals surface area contributed by atoms with Gasteiger partial charge in [-0.15, -0.1) is 0 Å². The first-order valence-corrected chi connectivity index (χ1v) is 11.9. The second kappa shape index (κ2) is 9.89. The van der Waals surface area contributed by atoms with E-state index in [0.29, 0.717) is 23.0 Å². The highest BCUT2D eigenvalue weighted by atomic mass is 16.6. The molecule has 4 aromatic rings. The van der Waals surface area contributed by atoms with Crippen LogP contribution in [0.1, 0.15) is 44.4 Å². The van der Waals surface area contributed by atoms with Crippen molar-refractivity contribution in [2.75, 3.05) is 0 Å². The molecule has 8 nitrogen and oxygen atoms in total. The van der Waals surface area contributed by atoms with Gasteiger partial charge in [0.25, 0.3) is 0 Å². The number of rotatable bonds is 6. The van der Waals surface area contributed by atoms with Gasteiger partial charge in [-0.3, -0.25) is 0 Å². The van der Waals surface area contributed by atoms with Crippen LogP contribution in [0, 0.1) is 6.92 Å². The van der Waals surface area contributed by atoms with E-state index in [1.54, 1.807) is 32.9 Å². The molecule has 36 heavy (non-hydrogen) atoms. The van der Waals surface area contributed by atoms with Crippen LogP contribution in [0.3, 0.4) is 0 Å². The van der Waals surface area contributed by atoms with Gasteiger partial charge in [-0.1, -0.05) is 25.1 Å². The van der Waals surface area contributed by atoms with Crippen LogP contribution in [0.4, 0.5) is 4.79 Å². The van der Waals surface area contributed by atoms with Gasteiger partial charge in [-0.25, -0.2) is 14.4 Å². The lowest BCUT2D eigenvalue weighted by atomic mass is 10.0. The number of amides is 1. The molecule has 0 spiro atoms. The maximum atomic E-state index is 13.5. The van der Waals surface area contributed by atoms with E-state index in [1.165, 1.54) is 6.07 Å². The van der Waals surface area contributed by atoms with Crippen molar-refractivity contribution in [3.8, 4) is 5.75 Å². The second-order valence-corrected chi connectivity index (χ2v) is 9.76. The number of para-hydroxylation sites is 1. The summed E-state index contributed by atoms with van der Waals surface area (Å²) < 4.78 is 16.6. The fourth-order valence-corrected chi connectivity index (χ4v) is 4.17. The Balaban J connectivity index is 1.70. The molecule has 0 saturated heterocycles. The van der Waals surface area contributed by atoms with Crippen LogP contribution in [0.2, 0.25) is 0 Å². The molecule has 1 amide bonds. The summed E-state index contributed by atoms with van der Waals surface area (Å²) >= 11 is 0. The Labute approximate surface area is 208 Å². The third-order valence-corrected chi connectivity index (χ3v) is 5.70. The average Bonchev–Trinajstić information content (AvgIpc) is 3.19. The molecule has 0 aliphatic rings. The normalized spacial score (nSPS) is 12.5. The molecule has 2 heterocycles. The maximum Gasteiger partial charge on any atom is 0.408 e. The van der Waals surface area contributed by atoms with Crippen molar-refractivity contribution in [2.24, 2.45) is 0 Å². The van der Waals surface area contributed by atoms with Gasteiger partial charge in [0.15, 0.2) is 0 Å². The molecule has 2 aromatic heterocycles. The highest BCUT2D eigenvalue weighted by Gasteiger charge is 2.28. The minimum Gasteiger partial charge on any atom is -0.444 e. The molecular weight excluding hydrogens is 460 g/mol. The van der Waals surface area contributed by atoms with Crippen LogP contribution in [-0.4, -0.2) is 28.7 Å². The number of hydrogen-bond acceptors (Lipinski definition) is 6. The molecule has 2 aromatic carbocycles. The van der Waals surface area contributed by atoms with Gasteiger partial charge in [0.2, 0.25) is 0 Å². The summed E-state index contributed by atoms with van der Waals surface area (Å²) in [7, 11) is 0. The lowest BCUT2D eigenvalue weighted by molar-refractivity contribution is -0.136. The van der Waals surface area contributed by atoms with Crippen molar-refractivity contribution >= 4 is 33.9 Å². The lowest BCUT2D eigenvalue weighted by Gasteiger charge is -2.23. The molecule has 0 fully saturated rings. The van der Waals surface area contributed by atoms with Crippen molar-refractivity contribution in [3.05, 3.63) is 75.8 Å². The number of fused-ring (bicyclic) bond motifs is 2. The van der Waals surface area contributed by atoms with Gasteiger partial charge in [-0.05, 0) is 69.0 Å². The Morgan fingerprint density at radius 1 is 1.11 bits per heavy atom. The number of aryl methyl sites for hydroxylation is 2. The smallest absolute Gasteiger partial charge is 0.408 e. The third kappa shape index (κ3) is 5.59. The fourth-order valence-electron chi connectivity index (χ4n) is 4.17. The molecule has 0 saturated carbocycles. The van der Waals surface area contributed by atoms with Crippen LogP contribution in [0.15, 0.2) is 57.9 Å². The van der Waals surface area contributed by atoms with Crippen LogP contribution < -0.4 is 15.7 Å². The molecule has 0 bridgehead atoms. The minimum absolute atomic E-state index is 0.182. The number of aromatic nitrogens is 1. The van der Waals surface area contributed by atoms with E-state index in [4.69, 9.17) is 13.9 Å². The summed E-state index contributed by atoms with van der Waals surface area (Å²) in [4.78, 5) is 41.3. The number of alkyl carbamates (subject to hydrolysis) is 1. The molecule has 0 aliphatic heterocycles. The number of aromatic amines is 1. The van der Waals surface area contributed by atoms with Gasteiger partial charge in [0.1, 0.15) is 23.0 Å². The number of hydrogen-bond donors (Lipinski definition) is 2. The van der Waals surface area contributed by atoms with E-state index in [0.717, 1.165) is 22.0 Å². The van der Waals surface area contributed by atoms with Gasteiger partial charge in [0.05, 0.1) is 5.39 Å². The number of ether oxygens (including phenoxy) is 2. The van der Waals surface area contributed by atoms with Crippen molar-refractivity contribution in [1.29, 1.82) is 0 Å². The molecule has 8 heteroatoms. The lowest BCUT2D eigenvalue weighted by Crippen LogP contribution is -2.46. The molecule has 0 aliphatic carbocycles. The number of esters is 1. The zero-order chi connectivity index (χ0) is 26.0. The van der Waals surface area contributed by atoms with E-state index >= 15 is 0 Å². The summed E-state index contributed by atoms with van der Waals surface area (Å²) in [6.07, 6.45) is 1.82. The third-order valence-electron chi connectivity index (χ3n) is 5.70. The number of H-pyrrole nitrogens is 1. The molecule has 2 N–H and O–H groups in total. The van der Waals surface area contributed by atoms with Gasteiger partial charge in [-0.2, -0.15) is 0 Å². The van der Waals surface area contributed by atoms with Gasteiger partial charge < -0.3 is 24.2 Å². The predicted molar refractivity (Wildman–Crippen MR) is 137 cm³/mol. The monoisotopic (exact) mass is 490 g/mol. The van der Waals surface area contributed by atoms with Crippen LogP contribution in [0.25, 0.3) is 21.9 Å². The van der Waals surface area contributed by atoms with Crippen molar-refractivity contribution in [1.82, 2.24) is 10.3 Å². The highest BCUT2D eigenvalue weighted by Crippen LogP contribution is 2.31. The zero-order valence-electron chi connectivity index (χ0n) is 21.1. The van der Waals surface area contributed by atoms with Crippen molar-refractivity contribution in [2.45, 2.75) is 59.1 Å². The summed E-state index contributed by atoms with van der Waals surface area (Å²) in [5.74, 6) is -0.392. The standard InChI is InChI=1S/C28H30N2O6/c1-6-17-14-24(31)34-22-11-16(2)12-23(25(17)22)35-26(32)21(30-27(33)36-28(3,4)5)13-18-15-29-20-10-8-7-9-19(18)20/h7-12,14-15,21,29H,6,13H2,1-5H3,(H,30,33)/t21-/m0/s1. The summed E-state index contributed by atoms with van der Waals surface area (Å²) in [5.41, 5.74) is 2.37. The largest absolute Gasteiger partial charge is 0.444 e. The van der Waals surface area contributed by atoms with E-state index in [-0.39, 0.29) is 12.2 Å². The van der Waals surface area contributed by atoms with Crippen LogP contribution in [-0.2, 0) is 22.4 Å². The maximum absolute atomic E-state index is 13.5. The Kier molecular flexibility index (Phi) is 6.88. The summed E-state index contributed by atoms with van der Waals surface area (Å²) in [6.45, 7) is 8.97. The summed E-state index contributed by atoms with van der Waals surface area (Å²) in [6, 6.07) is 11.5. The van der Waals surface area contributed by atoms with Gasteiger partial charge in [0, 0.05) is 29.6 Å². The Bertz CT molecular complexity index is 1490. The molecule has 1 atom stereocenters. The van der Waals surface area contributed by atoms with E-state index in [9.17, 15) is 14.4 Å². The van der Waals surface area contributed by atoms with Crippen molar-refractivity contribution < 1.29 is 23.5 Å². The average molecular weight is 491 g/mol. The first-order chi connectivity index (χ1) is 17.0. The fraction of sp³-hybridized carbons (Fsp3) is 0.321. The second-order valence-electron chi connectivity index (χ2n) is 9.76. The van der Waals surface area contributed by atoms with E-state index in [2.05, 4.69) is 10.3 Å². The van der Waals surface area contributed by atoms with Crippen molar-refractivity contribution in [3.63, 3.8) is 0 Å². The molecular formula is C28H30N2O6. The topological polar surface area (TPSA) is 111 Å². The molecule has 0 radical (unpaired) electrons. The SMILES string of the molecule is CCc1cc(=O)oc2cc(C)cc(OC(=O)[C@H](Cc3c[nH]c4ccccc34)NC(=O)OC(C)(C)C)c12. The quantitative estimate of drug-likeness (QED) is 0.219. The highest BCUT2D eigenvalue weighted by molar-refractivity contribution is 5.92. The first kappa shape index (κ1) is 25.0. The minimum atomic E-state index is -1.03. The predicted octanol–water partition coefficient (Wildman–Crippen LogP) is 5.19. The number of carbonyl (C=O) groups excluding carboxylic acids is 2. The van der Waals surface area contributed by atoms with Gasteiger partial charge >= 0.3 is 17.7 Å². The summed E-state index contributed by atoms with van der Waals surface area (Å²) in [5, 5.41) is 4.17. The molecule has 0 unspecified atom stereocenters. The Morgan fingerprint density at radius 2 is 1.86 bits per heavy atom. The van der Waals surface area contributed by atoms with Crippen LogP contribution >= 0.6 is 0 Å². The molecule has 188 valence electrons. The number of nitrogens with one attached hydrogen (secondary N) is 2. The zero-order valence-corrected chi connectivity index (χ0v) is 21.1.